The van der Waals surface area contributed by atoms with E-state index >= 15 is 0 Å². The molecule has 2 unspecified atom stereocenters. The molecule has 1 N–H and O–H groups in total. The molecule has 1 aliphatic carbocycles. The number of methoxy groups -OCH3 is 2. The average Bonchev–Trinajstić information content (AvgIpc) is 3.06. The van der Waals surface area contributed by atoms with E-state index in [0.717, 1.165) is 56.2 Å². The normalized spacial score (nSPS) is 23.7. The van der Waals surface area contributed by atoms with E-state index in [4.69, 9.17) is 9.47 Å². The second kappa shape index (κ2) is 8.62. The van der Waals surface area contributed by atoms with Crippen LogP contribution in [0, 0.1) is 5.92 Å². The number of piperazine rings is 1. The van der Waals surface area contributed by atoms with Crippen molar-refractivity contribution in [2.45, 2.75) is 38.8 Å². The lowest BCUT2D eigenvalue weighted by Crippen LogP contribution is -2.53. The van der Waals surface area contributed by atoms with E-state index in [-0.39, 0.29) is 6.03 Å². The minimum Gasteiger partial charge on any atom is -0.497 e. The highest BCUT2D eigenvalue weighted by Crippen LogP contribution is 2.26. The highest BCUT2D eigenvalue weighted by atomic mass is 16.5. The molecule has 2 amide bonds. The smallest absolute Gasteiger partial charge is 0.317 e. The number of rotatable bonds is 5. The number of ether oxygens (including phenoxy) is 2. The molecule has 2 fully saturated rings. The predicted octanol–water partition coefficient (Wildman–Crippen LogP) is 2.72. The standard InChI is InChI=1S/C20H31N3O3/c1-15-5-4-6-18(15)21-20(24)23-11-9-22(10-12-23)14-16-13-17(25-2)7-8-19(16)26-3/h7-8,13,15,18H,4-6,9-12,14H2,1-3H3,(H,21,24). The van der Waals surface area contributed by atoms with Gasteiger partial charge in [0.15, 0.2) is 0 Å². The van der Waals surface area contributed by atoms with Crippen molar-refractivity contribution in [2.24, 2.45) is 5.92 Å². The van der Waals surface area contributed by atoms with E-state index in [0.29, 0.717) is 12.0 Å². The number of carbonyl (C=O) groups is 1. The van der Waals surface area contributed by atoms with Crippen LogP contribution in [-0.2, 0) is 6.54 Å². The quantitative estimate of drug-likeness (QED) is 0.876. The van der Waals surface area contributed by atoms with Crippen molar-refractivity contribution in [2.75, 3.05) is 40.4 Å². The van der Waals surface area contributed by atoms with Gasteiger partial charge in [-0.3, -0.25) is 4.90 Å². The lowest BCUT2D eigenvalue weighted by Gasteiger charge is -2.35. The molecule has 0 spiro atoms. The SMILES string of the molecule is COc1ccc(OC)c(CN2CCN(C(=O)NC3CCCC3C)CC2)c1. The zero-order valence-corrected chi connectivity index (χ0v) is 16.2. The molecule has 1 saturated carbocycles. The molecule has 0 radical (unpaired) electrons. The molecule has 6 heteroatoms. The Bertz CT molecular complexity index is 614. The summed E-state index contributed by atoms with van der Waals surface area (Å²) >= 11 is 0. The second-order valence-electron chi connectivity index (χ2n) is 7.41. The van der Waals surface area contributed by atoms with E-state index in [1.54, 1.807) is 14.2 Å². The van der Waals surface area contributed by atoms with Gasteiger partial charge in [-0.05, 0) is 37.0 Å². The van der Waals surface area contributed by atoms with Crippen LogP contribution in [-0.4, -0.2) is 62.3 Å². The van der Waals surface area contributed by atoms with Gasteiger partial charge in [0.05, 0.1) is 14.2 Å². The van der Waals surface area contributed by atoms with Gasteiger partial charge in [0, 0.05) is 44.3 Å². The van der Waals surface area contributed by atoms with Crippen molar-refractivity contribution in [1.29, 1.82) is 0 Å². The minimum atomic E-state index is 0.0994. The molecular formula is C20H31N3O3. The van der Waals surface area contributed by atoms with Gasteiger partial charge in [-0.25, -0.2) is 4.79 Å². The Morgan fingerprint density at radius 2 is 1.92 bits per heavy atom. The molecular weight excluding hydrogens is 330 g/mol. The maximum absolute atomic E-state index is 12.5. The summed E-state index contributed by atoms with van der Waals surface area (Å²) in [6.07, 6.45) is 3.56. The minimum absolute atomic E-state index is 0.0994. The van der Waals surface area contributed by atoms with Crippen LogP contribution in [0.1, 0.15) is 31.7 Å². The van der Waals surface area contributed by atoms with Gasteiger partial charge < -0.3 is 19.7 Å². The first-order valence-electron chi connectivity index (χ1n) is 9.59. The third kappa shape index (κ3) is 4.41. The molecule has 2 atom stereocenters. The predicted molar refractivity (Wildman–Crippen MR) is 102 cm³/mol. The van der Waals surface area contributed by atoms with Gasteiger partial charge in [-0.2, -0.15) is 0 Å². The molecule has 2 aliphatic rings. The van der Waals surface area contributed by atoms with Gasteiger partial charge in [0.25, 0.3) is 0 Å². The van der Waals surface area contributed by atoms with Crippen molar-refractivity contribution in [3.8, 4) is 11.5 Å². The Kier molecular flexibility index (Phi) is 6.25. The molecule has 6 nitrogen and oxygen atoms in total. The summed E-state index contributed by atoms with van der Waals surface area (Å²) in [5.74, 6) is 2.31. The molecule has 1 aliphatic heterocycles. The number of hydrogen-bond donors (Lipinski definition) is 1. The molecule has 26 heavy (non-hydrogen) atoms. The summed E-state index contributed by atoms with van der Waals surface area (Å²) in [6, 6.07) is 6.33. The average molecular weight is 361 g/mol. The van der Waals surface area contributed by atoms with E-state index < -0.39 is 0 Å². The molecule has 0 aromatic heterocycles. The van der Waals surface area contributed by atoms with Crippen LogP contribution in [0.25, 0.3) is 0 Å². The summed E-state index contributed by atoms with van der Waals surface area (Å²) in [5, 5.41) is 3.23. The first kappa shape index (κ1) is 18.8. The summed E-state index contributed by atoms with van der Waals surface area (Å²) in [4.78, 5) is 16.8. The van der Waals surface area contributed by atoms with Crippen molar-refractivity contribution in [3.05, 3.63) is 23.8 Å². The number of benzene rings is 1. The molecule has 3 rings (SSSR count). The summed E-state index contributed by atoms with van der Waals surface area (Å²) in [6.45, 7) is 6.30. The lowest BCUT2D eigenvalue weighted by molar-refractivity contribution is 0.131. The third-order valence-corrected chi connectivity index (χ3v) is 5.71. The number of amides is 2. The maximum Gasteiger partial charge on any atom is 0.317 e. The van der Waals surface area contributed by atoms with Crippen LogP contribution in [0.5, 0.6) is 11.5 Å². The monoisotopic (exact) mass is 361 g/mol. The van der Waals surface area contributed by atoms with E-state index in [9.17, 15) is 4.79 Å². The summed E-state index contributed by atoms with van der Waals surface area (Å²) in [7, 11) is 3.37. The van der Waals surface area contributed by atoms with Crippen molar-refractivity contribution in [1.82, 2.24) is 15.1 Å². The van der Waals surface area contributed by atoms with E-state index in [2.05, 4.69) is 17.1 Å². The molecule has 1 saturated heterocycles. The third-order valence-electron chi connectivity index (χ3n) is 5.71. The molecule has 1 aromatic rings. The Hall–Kier alpha value is -1.95. The van der Waals surface area contributed by atoms with Gasteiger partial charge in [0.2, 0.25) is 0 Å². The first-order chi connectivity index (χ1) is 12.6. The fraction of sp³-hybridized carbons (Fsp3) is 0.650. The highest BCUT2D eigenvalue weighted by molar-refractivity contribution is 5.74. The van der Waals surface area contributed by atoms with Crippen molar-refractivity contribution >= 4 is 6.03 Å². The zero-order chi connectivity index (χ0) is 18.5. The lowest BCUT2D eigenvalue weighted by atomic mass is 10.1. The molecule has 0 bridgehead atoms. The Morgan fingerprint density at radius 3 is 2.54 bits per heavy atom. The number of hydrogen-bond acceptors (Lipinski definition) is 4. The van der Waals surface area contributed by atoms with Gasteiger partial charge in [-0.15, -0.1) is 0 Å². The maximum atomic E-state index is 12.5. The Morgan fingerprint density at radius 1 is 1.15 bits per heavy atom. The Balaban J connectivity index is 1.51. The van der Waals surface area contributed by atoms with Crippen LogP contribution in [0.3, 0.4) is 0 Å². The fourth-order valence-corrected chi connectivity index (χ4v) is 3.97. The van der Waals surface area contributed by atoms with E-state index in [1.807, 2.05) is 23.1 Å². The van der Waals surface area contributed by atoms with Crippen LogP contribution < -0.4 is 14.8 Å². The number of urea groups is 1. The first-order valence-corrected chi connectivity index (χ1v) is 9.59. The topological polar surface area (TPSA) is 54.0 Å². The largest absolute Gasteiger partial charge is 0.497 e. The summed E-state index contributed by atoms with van der Waals surface area (Å²) in [5.41, 5.74) is 1.12. The van der Waals surface area contributed by atoms with Crippen molar-refractivity contribution in [3.63, 3.8) is 0 Å². The second-order valence-corrected chi connectivity index (χ2v) is 7.41. The number of nitrogens with one attached hydrogen (secondary N) is 1. The molecule has 1 aromatic carbocycles. The van der Waals surface area contributed by atoms with Crippen LogP contribution in [0.15, 0.2) is 18.2 Å². The van der Waals surface area contributed by atoms with Gasteiger partial charge >= 0.3 is 6.03 Å². The van der Waals surface area contributed by atoms with E-state index in [1.165, 1.54) is 12.8 Å². The molecule has 144 valence electrons. The Labute approximate surface area is 156 Å². The van der Waals surface area contributed by atoms with Crippen molar-refractivity contribution < 1.29 is 14.3 Å². The number of carbonyl (C=O) groups excluding carboxylic acids is 1. The molecule has 1 heterocycles. The van der Waals surface area contributed by atoms with Gasteiger partial charge in [0.1, 0.15) is 11.5 Å². The highest BCUT2D eigenvalue weighted by Gasteiger charge is 2.28. The number of nitrogens with zero attached hydrogens (tertiary/aromatic N) is 2. The van der Waals surface area contributed by atoms with Crippen LogP contribution in [0.2, 0.25) is 0 Å². The van der Waals surface area contributed by atoms with Gasteiger partial charge in [-0.1, -0.05) is 13.3 Å². The van der Waals surface area contributed by atoms with Crippen LogP contribution >= 0.6 is 0 Å². The summed E-state index contributed by atoms with van der Waals surface area (Å²) < 4.78 is 10.8. The zero-order valence-electron chi connectivity index (χ0n) is 16.2. The fourth-order valence-electron chi connectivity index (χ4n) is 3.97. The van der Waals surface area contributed by atoms with Crippen LogP contribution in [0.4, 0.5) is 4.79 Å².